The molecule has 0 bridgehead atoms. The van der Waals surface area contributed by atoms with Crippen molar-refractivity contribution in [3.05, 3.63) is 112 Å². The van der Waals surface area contributed by atoms with Crippen LogP contribution in [0.25, 0.3) is 11.3 Å². The van der Waals surface area contributed by atoms with Crippen molar-refractivity contribution in [1.29, 1.82) is 0 Å². The number of carbonyl (C=O) groups is 1. The fourth-order valence-electron chi connectivity index (χ4n) is 3.33. The number of hydrogen-bond donors (Lipinski definition) is 1. The molecule has 0 saturated carbocycles. The van der Waals surface area contributed by atoms with Crippen molar-refractivity contribution in [2.24, 2.45) is 12.0 Å². The number of rotatable bonds is 4. The number of H-pyrrole nitrogens is 1. The average Bonchev–Trinajstić information content (AvgIpc) is 3.05. The summed E-state index contributed by atoms with van der Waals surface area (Å²) < 4.78 is 1.92. The Morgan fingerprint density at radius 2 is 1.55 bits per heavy atom. The number of carbonyl (C=O) groups excluding carboxylic acids is 1. The lowest BCUT2D eigenvalue weighted by Gasteiger charge is -2.07. The van der Waals surface area contributed by atoms with Crippen molar-refractivity contribution < 1.29 is 4.79 Å². The molecule has 4 nitrogen and oxygen atoms in total. The Morgan fingerprint density at radius 3 is 2.21 bits per heavy atom. The van der Waals surface area contributed by atoms with Gasteiger partial charge >= 0.3 is 0 Å². The van der Waals surface area contributed by atoms with Crippen molar-refractivity contribution in [2.75, 3.05) is 0 Å². The van der Waals surface area contributed by atoms with Crippen LogP contribution in [-0.2, 0) is 13.5 Å². The number of aromatic nitrogens is 2. The third kappa shape index (κ3) is 4.23. The van der Waals surface area contributed by atoms with Gasteiger partial charge in [0.1, 0.15) is 0 Å². The van der Waals surface area contributed by atoms with E-state index >= 15 is 0 Å². The van der Waals surface area contributed by atoms with Crippen LogP contribution in [0.4, 0.5) is 0 Å². The van der Waals surface area contributed by atoms with Crippen LogP contribution in [0.1, 0.15) is 21.6 Å². The molecule has 0 unspecified atom stereocenters. The summed E-state index contributed by atoms with van der Waals surface area (Å²) >= 11 is 6.07. The maximum Gasteiger partial charge on any atom is 0.280 e. The van der Waals surface area contributed by atoms with Gasteiger partial charge in [0.05, 0.1) is 5.69 Å². The fraction of sp³-hybridized carbons (Fsp3) is 0.0833. The van der Waals surface area contributed by atoms with Crippen molar-refractivity contribution in [3.8, 4) is 11.3 Å². The van der Waals surface area contributed by atoms with E-state index in [1.54, 1.807) is 12.1 Å². The summed E-state index contributed by atoms with van der Waals surface area (Å²) in [5.41, 5.74) is 5.21. The topological polar surface area (TPSA) is 50.1 Å². The Labute approximate surface area is 174 Å². The third-order valence-corrected chi connectivity index (χ3v) is 5.02. The number of hydrogen-bond acceptors (Lipinski definition) is 1. The fourth-order valence-corrected chi connectivity index (χ4v) is 3.46. The summed E-state index contributed by atoms with van der Waals surface area (Å²) in [5.74, 6) is -0.281. The SMILES string of the molecule is Cn1c(-c2ccc(Cl)cc2)c(Cc2ccccc2)[nH]/c1=N\C(=O)c1ccccc1. The maximum atomic E-state index is 12.6. The van der Waals surface area contributed by atoms with E-state index in [0.29, 0.717) is 22.6 Å². The Bertz CT molecular complexity index is 1190. The van der Waals surface area contributed by atoms with Crippen LogP contribution in [0.5, 0.6) is 0 Å². The Hall–Kier alpha value is -3.37. The zero-order valence-electron chi connectivity index (χ0n) is 16.0. The van der Waals surface area contributed by atoms with Gasteiger partial charge in [0.2, 0.25) is 5.62 Å². The predicted octanol–water partition coefficient (Wildman–Crippen LogP) is 5.01. The molecule has 3 aromatic carbocycles. The van der Waals surface area contributed by atoms with Gasteiger partial charge < -0.3 is 9.55 Å². The van der Waals surface area contributed by atoms with E-state index in [1.165, 1.54) is 5.56 Å². The Morgan fingerprint density at radius 1 is 0.931 bits per heavy atom. The van der Waals surface area contributed by atoms with Crippen molar-refractivity contribution >= 4 is 17.5 Å². The van der Waals surface area contributed by atoms with Gasteiger partial charge in [-0.1, -0.05) is 72.3 Å². The van der Waals surface area contributed by atoms with Gasteiger partial charge in [-0.25, -0.2) is 0 Å². The first-order valence-electron chi connectivity index (χ1n) is 9.33. The van der Waals surface area contributed by atoms with Gasteiger partial charge in [0.25, 0.3) is 5.91 Å². The number of amides is 1. The van der Waals surface area contributed by atoms with Gasteiger partial charge in [-0.05, 0) is 29.8 Å². The van der Waals surface area contributed by atoms with Crippen molar-refractivity contribution in [2.45, 2.75) is 6.42 Å². The number of nitrogens with one attached hydrogen (secondary N) is 1. The van der Waals surface area contributed by atoms with E-state index in [2.05, 4.69) is 22.1 Å². The molecule has 29 heavy (non-hydrogen) atoms. The molecule has 1 aromatic heterocycles. The second-order valence-electron chi connectivity index (χ2n) is 6.79. The minimum atomic E-state index is -0.281. The molecule has 0 fully saturated rings. The van der Waals surface area contributed by atoms with E-state index in [1.807, 2.05) is 72.3 Å². The largest absolute Gasteiger partial charge is 0.327 e. The molecule has 1 N–H and O–H groups in total. The molecule has 5 heteroatoms. The summed E-state index contributed by atoms with van der Waals surface area (Å²) in [6.45, 7) is 0. The number of imidazole rings is 1. The normalized spacial score (nSPS) is 11.6. The van der Waals surface area contributed by atoms with Crippen LogP contribution in [0.15, 0.2) is 89.9 Å². The molecule has 0 radical (unpaired) electrons. The molecular weight excluding hydrogens is 382 g/mol. The molecular formula is C24H20ClN3O. The lowest BCUT2D eigenvalue weighted by Crippen LogP contribution is -2.18. The second kappa shape index (κ2) is 8.33. The zero-order valence-corrected chi connectivity index (χ0v) is 16.7. The first-order valence-corrected chi connectivity index (χ1v) is 9.71. The highest BCUT2D eigenvalue weighted by atomic mass is 35.5. The molecule has 144 valence electrons. The minimum Gasteiger partial charge on any atom is -0.327 e. The molecule has 0 aliphatic carbocycles. The van der Waals surface area contributed by atoms with E-state index in [-0.39, 0.29) is 5.91 Å². The molecule has 1 amide bonds. The standard InChI is InChI=1S/C24H20ClN3O/c1-28-22(18-12-14-20(25)15-13-18)21(16-17-8-4-2-5-9-17)26-24(28)27-23(29)19-10-6-3-7-11-19/h2-15H,16H2,1H3,(H,26,27,29). The highest BCUT2D eigenvalue weighted by Gasteiger charge is 2.14. The monoisotopic (exact) mass is 401 g/mol. The van der Waals surface area contributed by atoms with E-state index < -0.39 is 0 Å². The average molecular weight is 402 g/mol. The zero-order chi connectivity index (χ0) is 20.2. The van der Waals surface area contributed by atoms with Crippen LogP contribution in [-0.4, -0.2) is 15.5 Å². The van der Waals surface area contributed by atoms with Crippen LogP contribution in [0, 0.1) is 0 Å². The molecule has 4 aromatic rings. The first kappa shape index (κ1) is 19.0. The minimum absolute atomic E-state index is 0.281. The molecule has 0 atom stereocenters. The Balaban J connectivity index is 1.83. The van der Waals surface area contributed by atoms with Crippen LogP contribution in [0.2, 0.25) is 5.02 Å². The molecule has 0 saturated heterocycles. The lowest BCUT2D eigenvalue weighted by atomic mass is 10.0. The van der Waals surface area contributed by atoms with Crippen LogP contribution in [0.3, 0.4) is 0 Å². The first-order chi connectivity index (χ1) is 14.1. The number of benzene rings is 3. The second-order valence-corrected chi connectivity index (χ2v) is 7.22. The van der Waals surface area contributed by atoms with Crippen LogP contribution >= 0.6 is 11.6 Å². The third-order valence-electron chi connectivity index (χ3n) is 4.77. The van der Waals surface area contributed by atoms with Gasteiger partial charge in [0, 0.05) is 35.3 Å². The highest BCUT2D eigenvalue weighted by molar-refractivity contribution is 6.30. The lowest BCUT2D eigenvalue weighted by molar-refractivity contribution is 0.0996. The smallest absolute Gasteiger partial charge is 0.280 e. The number of halogens is 1. The highest BCUT2D eigenvalue weighted by Crippen LogP contribution is 2.25. The van der Waals surface area contributed by atoms with Crippen molar-refractivity contribution in [3.63, 3.8) is 0 Å². The van der Waals surface area contributed by atoms with Gasteiger partial charge in [0.15, 0.2) is 0 Å². The molecule has 0 spiro atoms. The van der Waals surface area contributed by atoms with Gasteiger partial charge in [-0.15, -0.1) is 0 Å². The summed E-state index contributed by atoms with van der Waals surface area (Å²) in [6, 6.07) is 26.9. The predicted molar refractivity (Wildman–Crippen MR) is 116 cm³/mol. The summed E-state index contributed by atoms with van der Waals surface area (Å²) in [6.07, 6.45) is 0.696. The summed E-state index contributed by atoms with van der Waals surface area (Å²) in [7, 11) is 1.91. The Kier molecular flexibility index (Phi) is 5.45. The summed E-state index contributed by atoms with van der Waals surface area (Å²) in [4.78, 5) is 20.3. The molecule has 4 rings (SSSR count). The number of aromatic amines is 1. The summed E-state index contributed by atoms with van der Waals surface area (Å²) in [5, 5.41) is 0.681. The van der Waals surface area contributed by atoms with E-state index in [0.717, 1.165) is 17.0 Å². The quantitative estimate of drug-likeness (QED) is 0.513. The van der Waals surface area contributed by atoms with E-state index in [9.17, 15) is 4.79 Å². The van der Waals surface area contributed by atoms with E-state index in [4.69, 9.17) is 11.6 Å². The maximum absolute atomic E-state index is 12.6. The molecule has 0 aliphatic heterocycles. The van der Waals surface area contributed by atoms with Crippen molar-refractivity contribution in [1.82, 2.24) is 9.55 Å². The van der Waals surface area contributed by atoms with Crippen LogP contribution < -0.4 is 5.62 Å². The van der Waals surface area contributed by atoms with Gasteiger partial charge in [-0.3, -0.25) is 4.79 Å². The van der Waals surface area contributed by atoms with Gasteiger partial charge in [-0.2, -0.15) is 4.99 Å². The molecule has 1 heterocycles. The molecule has 0 aliphatic rings. The number of nitrogens with zero attached hydrogens (tertiary/aromatic N) is 2.